The molecule has 24 heavy (non-hydrogen) atoms. The number of benzene rings is 1. The van der Waals surface area contributed by atoms with Gasteiger partial charge in [0.25, 0.3) is 0 Å². The van der Waals surface area contributed by atoms with Crippen molar-refractivity contribution in [3.05, 3.63) is 78.5 Å². The number of aromatic nitrogens is 4. The van der Waals surface area contributed by atoms with Gasteiger partial charge in [-0.25, -0.2) is 9.97 Å². The normalized spacial score (nSPS) is 11.8. The number of aromatic amines is 1. The van der Waals surface area contributed by atoms with E-state index in [0.717, 1.165) is 20.9 Å². The first kappa shape index (κ1) is 15.8. The molecule has 5 N–H and O–H groups in total. The van der Waals surface area contributed by atoms with Crippen molar-refractivity contribution in [2.45, 2.75) is 0 Å². The lowest BCUT2D eigenvalue weighted by molar-refractivity contribution is 1.08. The Hall–Kier alpha value is -3.06. The predicted molar refractivity (Wildman–Crippen MR) is 99.1 cm³/mol. The number of nitrogens with two attached hydrogens (primary N) is 2. The number of H-pyrrole nitrogens is 1. The molecule has 0 spiro atoms. The standard InChI is InChI=1S/C17H16N6S/c1-11(13-7-8-20-14(18)9-13)24-16(17-21-10-22-23-17)15(19)12-5-3-2-4-6-12/h2-10H,1,19H2,(H2,18,20)(H,21,22,23)/b16-15-. The zero-order chi connectivity index (χ0) is 16.9. The van der Waals surface area contributed by atoms with Crippen LogP contribution in [0.4, 0.5) is 5.82 Å². The van der Waals surface area contributed by atoms with Gasteiger partial charge in [0.05, 0.1) is 10.6 Å². The predicted octanol–water partition coefficient (Wildman–Crippen LogP) is 2.97. The average molecular weight is 336 g/mol. The van der Waals surface area contributed by atoms with Crippen molar-refractivity contribution in [1.29, 1.82) is 0 Å². The summed E-state index contributed by atoms with van der Waals surface area (Å²) < 4.78 is 0. The largest absolute Gasteiger partial charge is 0.397 e. The molecule has 0 aliphatic heterocycles. The number of hydrogen-bond acceptors (Lipinski definition) is 6. The number of rotatable bonds is 5. The van der Waals surface area contributed by atoms with Crippen LogP contribution in [0.5, 0.6) is 0 Å². The van der Waals surface area contributed by atoms with Crippen LogP contribution in [-0.4, -0.2) is 20.2 Å². The Morgan fingerprint density at radius 1 is 1.08 bits per heavy atom. The van der Waals surface area contributed by atoms with Crippen molar-refractivity contribution < 1.29 is 0 Å². The lowest BCUT2D eigenvalue weighted by Crippen LogP contribution is -2.01. The average Bonchev–Trinajstić information content (AvgIpc) is 3.14. The first-order valence-corrected chi connectivity index (χ1v) is 7.96. The van der Waals surface area contributed by atoms with E-state index in [1.807, 2.05) is 36.4 Å². The molecule has 0 unspecified atom stereocenters. The van der Waals surface area contributed by atoms with E-state index < -0.39 is 0 Å². The van der Waals surface area contributed by atoms with Crippen molar-refractivity contribution in [3.8, 4) is 0 Å². The van der Waals surface area contributed by atoms with Gasteiger partial charge in [-0.05, 0) is 23.3 Å². The van der Waals surface area contributed by atoms with Gasteiger partial charge in [0.15, 0.2) is 5.82 Å². The zero-order valence-electron chi connectivity index (χ0n) is 12.8. The Kier molecular flexibility index (Phi) is 4.62. The van der Waals surface area contributed by atoms with E-state index in [4.69, 9.17) is 11.5 Å². The quantitative estimate of drug-likeness (QED) is 0.661. The fourth-order valence-electron chi connectivity index (χ4n) is 2.10. The molecule has 2 heterocycles. The van der Waals surface area contributed by atoms with Crippen molar-refractivity contribution in [2.24, 2.45) is 5.73 Å². The molecule has 1 aromatic carbocycles. The minimum absolute atomic E-state index is 0.440. The number of nitrogens with zero attached hydrogens (tertiary/aromatic N) is 3. The number of pyridine rings is 1. The Morgan fingerprint density at radius 3 is 2.54 bits per heavy atom. The zero-order valence-corrected chi connectivity index (χ0v) is 13.6. The topological polar surface area (TPSA) is 106 Å². The van der Waals surface area contributed by atoms with Crippen LogP contribution in [0.3, 0.4) is 0 Å². The van der Waals surface area contributed by atoms with Crippen molar-refractivity contribution >= 4 is 33.1 Å². The van der Waals surface area contributed by atoms with Crippen LogP contribution in [0, 0.1) is 0 Å². The smallest absolute Gasteiger partial charge is 0.164 e. The molecule has 6 nitrogen and oxygen atoms in total. The van der Waals surface area contributed by atoms with E-state index in [2.05, 4.69) is 26.7 Å². The second-order valence-electron chi connectivity index (χ2n) is 4.94. The fourth-order valence-corrected chi connectivity index (χ4v) is 3.01. The van der Waals surface area contributed by atoms with E-state index in [1.165, 1.54) is 18.1 Å². The summed E-state index contributed by atoms with van der Waals surface area (Å²) in [5.74, 6) is 1.03. The van der Waals surface area contributed by atoms with Crippen molar-refractivity contribution in [2.75, 3.05) is 5.73 Å². The minimum atomic E-state index is 0.440. The Labute approximate surface area is 143 Å². The van der Waals surface area contributed by atoms with Crippen molar-refractivity contribution in [1.82, 2.24) is 20.2 Å². The summed E-state index contributed by atoms with van der Waals surface area (Å²) in [6.07, 6.45) is 3.09. The van der Waals surface area contributed by atoms with Gasteiger partial charge in [-0.1, -0.05) is 48.7 Å². The number of thioether (sulfide) groups is 1. The van der Waals surface area contributed by atoms with Gasteiger partial charge in [-0.15, -0.1) is 0 Å². The molecule has 0 bridgehead atoms. The van der Waals surface area contributed by atoms with Gasteiger partial charge in [-0.2, -0.15) is 5.10 Å². The molecule has 2 aromatic heterocycles. The minimum Gasteiger partial charge on any atom is -0.397 e. The second kappa shape index (κ2) is 7.01. The number of hydrogen-bond donors (Lipinski definition) is 3. The molecule has 0 saturated carbocycles. The first-order chi connectivity index (χ1) is 11.6. The van der Waals surface area contributed by atoms with Crippen LogP contribution in [0.15, 0.2) is 61.6 Å². The molecule has 0 aliphatic carbocycles. The Morgan fingerprint density at radius 2 is 1.88 bits per heavy atom. The summed E-state index contributed by atoms with van der Waals surface area (Å²) in [5, 5.41) is 6.77. The van der Waals surface area contributed by atoms with E-state index in [9.17, 15) is 0 Å². The van der Waals surface area contributed by atoms with E-state index >= 15 is 0 Å². The lowest BCUT2D eigenvalue weighted by atomic mass is 10.1. The van der Waals surface area contributed by atoms with Crippen molar-refractivity contribution in [3.63, 3.8) is 0 Å². The maximum atomic E-state index is 6.38. The van der Waals surface area contributed by atoms with Gasteiger partial charge < -0.3 is 11.5 Å². The molecule has 0 radical (unpaired) electrons. The van der Waals surface area contributed by atoms with Crippen LogP contribution < -0.4 is 11.5 Å². The summed E-state index contributed by atoms with van der Waals surface area (Å²) in [6, 6.07) is 13.3. The molecule has 0 saturated heterocycles. The molecular weight excluding hydrogens is 320 g/mol. The summed E-state index contributed by atoms with van der Waals surface area (Å²) in [4.78, 5) is 9.76. The molecule has 3 rings (SSSR count). The second-order valence-corrected chi connectivity index (χ2v) is 6.04. The third-order valence-electron chi connectivity index (χ3n) is 3.29. The Balaban J connectivity index is 1.99. The molecular formula is C17H16N6S. The molecule has 7 heteroatoms. The van der Waals surface area contributed by atoms with Crippen LogP contribution in [-0.2, 0) is 0 Å². The summed E-state index contributed by atoms with van der Waals surface area (Å²) in [6.45, 7) is 4.12. The number of anilines is 1. The van der Waals surface area contributed by atoms with Gasteiger partial charge >= 0.3 is 0 Å². The first-order valence-electron chi connectivity index (χ1n) is 7.14. The highest BCUT2D eigenvalue weighted by Crippen LogP contribution is 2.39. The summed E-state index contributed by atoms with van der Waals surface area (Å²) in [7, 11) is 0. The van der Waals surface area contributed by atoms with Crippen LogP contribution in [0.1, 0.15) is 17.0 Å². The van der Waals surface area contributed by atoms with E-state index in [-0.39, 0.29) is 0 Å². The van der Waals surface area contributed by atoms with Gasteiger partial charge in [0.2, 0.25) is 0 Å². The monoisotopic (exact) mass is 336 g/mol. The van der Waals surface area contributed by atoms with E-state index in [0.29, 0.717) is 17.3 Å². The SMILES string of the molecule is C=C(S/C(=C(\N)c1ccccc1)c1ncn[nH]1)c1ccnc(N)c1. The summed E-state index contributed by atoms with van der Waals surface area (Å²) in [5.41, 5.74) is 14.5. The highest BCUT2D eigenvalue weighted by atomic mass is 32.2. The molecule has 0 atom stereocenters. The maximum absolute atomic E-state index is 6.38. The van der Waals surface area contributed by atoms with E-state index in [1.54, 1.807) is 12.3 Å². The summed E-state index contributed by atoms with van der Waals surface area (Å²) >= 11 is 1.41. The molecule has 0 aliphatic rings. The van der Waals surface area contributed by atoms with Gasteiger partial charge in [0, 0.05) is 11.1 Å². The third-order valence-corrected chi connectivity index (χ3v) is 4.39. The van der Waals surface area contributed by atoms with Crippen LogP contribution in [0.2, 0.25) is 0 Å². The van der Waals surface area contributed by atoms with Crippen LogP contribution in [0.25, 0.3) is 15.5 Å². The third kappa shape index (κ3) is 3.47. The lowest BCUT2D eigenvalue weighted by Gasteiger charge is -2.12. The van der Waals surface area contributed by atoms with Gasteiger partial charge in [-0.3, -0.25) is 5.10 Å². The number of nitrogens with one attached hydrogen (secondary N) is 1. The van der Waals surface area contributed by atoms with Crippen LogP contribution >= 0.6 is 11.8 Å². The number of nitrogen functional groups attached to an aromatic ring is 1. The van der Waals surface area contributed by atoms with Gasteiger partial charge in [0.1, 0.15) is 12.1 Å². The molecule has 120 valence electrons. The molecule has 0 amide bonds. The Bertz CT molecular complexity index is 871. The maximum Gasteiger partial charge on any atom is 0.164 e. The molecule has 3 aromatic rings. The highest BCUT2D eigenvalue weighted by molar-refractivity contribution is 8.16. The highest BCUT2D eigenvalue weighted by Gasteiger charge is 2.15. The molecule has 0 fully saturated rings. The fraction of sp³-hybridized carbons (Fsp3) is 0.